The topological polar surface area (TPSA) is 57.5 Å². The molecule has 0 radical (unpaired) electrons. The number of rotatable bonds is 6. The molecular formula is C19H38N2O3+2. The van der Waals surface area contributed by atoms with Crippen molar-refractivity contribution in [1.29, 1.82) is 0 Å². The fraction of sp³-hybridized carbons (Fsp3) is 0.947. The molecule has 6 atom stereocenters. The molecule has 0 aromatic heterocycles. The minimum atomic E-state index is -0.748. The normalized spacial score (nSPS) is 37.3. The van der Waals surface area contributed by atoms with Gasteiger partial charge in [-0.05, 0) is 19.8 Å². The summed E-state index contributed by atoms with van der Waals surface area (Å²) in [6.07, 6.45) is 0.534. The van der Waals surface area contributed by atoms with E-state index < -0.39 is 18.0 Å². The van der Waals surface area contributed by atoms with Crippen molar-refractivity contribution >= 4 is 5.97 Å². The summed E-state index contributed by atoms with van der Waals surface area (Å²) >= 11 is 0. The highest BCUT2D eigenvalue weighted by atomic mass is 16.4. The number of carboxylic acids is 1. The molecule has 0 aromatic rings. The number of carboxylic acid groups (broad SMARTS) is 1. The van der Waals surface area contributed by atoms with E-state index in [-0.39, 0.29) is 0 Å². The molecule has 140 valence electrons. The van der Waals surface area contributed by atoms with E-state index in [1.165, 1.54) is 13.1 Å². The Kier molecular flexibility index (Phi) is 5.68. The molecular weight excluding hydrogens is 304 g/mol. The van der Waals surface area contributed by atoms with E-state index in [4.69, 9.17) is 0 Å². The van der Waals surface area contributed by atoms with Crippen LogP contribution in [0, 0.1) is 29.6 Å². The number of quaternary nitrogens is 2. The predicted molar refractivity (Wildman–Crippen MR) is 95.4 cm³/mol. The predicted octanol–water partition coefficient (Wildman–Crippen LogP) is 1.51. The maximum Gasteiger partial charge on any atom is 0.306 e. The third-order valence-corrected chi connectivity index (χ3v) is 6.37. The highest BCUT2D eigenvalue weighted by molar-refractivity contribution is 5.70. The summed E-state index contributed by atoms with van der Waals surface area (Å²) in [7, 11) is 9.18. The van der Waals surface area contributed by atoms with Crippen LogP contribution in [-0.2, 0) is 4.79 Å². The second kappa shape index (κ2) is 6.93. The zero-order chi connectivity index (χ0) is 18.3. The molecule has 2 aliphatic rings. The van der Waals surface area contributed by atoms with Crippen LogP contribution in [-0.4, -0.2) is 85.6 Å². The summed E-state index contributed by atoms with van der Waals surface area (Å²) in [6, 6.07) is 0. The number of carbonyl (C=O) groups is 1. The molecule has 2 aliphatic heterocycles. The van der Waals surface area contributed by atoms with Gasteiger partial charge in [-0.25, -0.2) is 0 Å². The zero-order valence-corrected chi connectivity index (χ0v) is 16.4. The Morgan fingerprint density at radius 3 is 2.04 bits per heavy atom. The third-order valence-electron chi connectivity index (χ3n) is 6.37. The number of aliphatic hydroxyl groups is 1. The van der Waals surface area contributed by atoms with Gasteiger partial charge in [0.1, 0.15) is 0 Å². The van der Waals surface area contributed by atoms with Crippen LogP contribution >= 0.6 is 0 Å². The van der Waals surface area contributed by atoms with Crippen molar-refractivity contribution in [1.82, 2.24) is 0 Å². The van der Waals surface area contributed by atoms with Crippen molar-refractivity contribution in [2.75, 3.05) is 54.4 Å². The lowest BCUT2D eigenvalue weighted by Gasteiger charge is -2.27. The zero-order valence-electron chi connectivity index (χ0n) is 16.4. The van der Waals surface area contributed by atoms with E-state index in [2.05, 4.69) is 35.1 Å². The molecule has 0 saturated carbocycles. The fourth-order valence-corrected chi connectivity index (χ4v) is 5.67. The lowest BCUT2D eigenvalue weighted by atomic mass is 9.75. The SMILES string of the molecule is CC(O)CC(CC1C[N+](C)(C)CC1C1C[N+](C)(C)CC1C)C(=O)O. The van der Waals surface area contributed by atoms with Gasteiger partial charge in [-0.15, -0.1) is 0 Å². The molecule has 0 aliphatic carbocycles. The van der Waals surface area contributed by atoms with Gasteiger partial charge in [0.05, 0.1) is 66.4 Å². The van der Waals surface area contributed by atoms with Crippen molar-refractivity contribution < 1.29 is 24.0 Å². The number of likely N-dealkylation sites (tertiary alicyclic amines) is 2. The Bertz CT molecular complexity index is 462. The van der Waals surface area contributed by atoms with Gasteiger partial charge in [-0.1, -0.05) is 6.92 Å². The maximum atomic E-state index is 11.7. The van der Waals surface area contributed by atoms with Crippen LogP contribution in [0.3, 0.4) is 0 Å². The van der Waals surface area contributed by atoms with Crippen molar-refractivity contribution in [2.45, 2.75) is 32.8 Å². The van der Waals surface area contributed by atoms with E-state index >= 15 is 0 Å². The second-order valence-corrected chi connectivity index (χ2v) is 10.0. The first kappa shape index (κ1) is 19.7. The van der Waals surface area contributed by atoms with Gasteiger partial charge in [-0.3, -0.25) is 4.79 Å². The van der Waals surface area contributed by atoms with Gasteiger partial charge in [0.25, 0.3) is 0 Å². The largest absolute Gasteiger partial charge is 0.481 e. The summed E-state index contributed by atoms with van der Waals surface area (Å²) < 4.78 is 2.07. The summed E-state index contributed by atoms with van der Waals surface area (Å²) in [4.78, 5) is 11.7. The first-order valence-corrected chi connectivity index (χ1v) is 9.45. The Morgan fingerprint density at radius 2 is 1.58 bits per heavy atom. The highest BCUT2D eigenvalue weighted by Gasteiger charge is 2.51. The molecule has 2 fully saturated rings. The molecule has 24 heavy (non-hydrogen) atoms. The van der Waals surface area contributed by atoms with Crippen LogP contribution in [0.5, 0.6) is 0 Å². The van der Waals surface area contributed by atoms with Gasteiger partial charge in [0.2, 0.25) is 0 Å². The van der Waals surface area contributed by atoms with E-state index in [1.54, 1.807) is 6.92 Å². The van der Waals surface area contributed by atoms with Crippen molar-refractivity contribution in [3.05, 3.63) is 0 Å². The number of nitrogens with zero attached hydrogens (tertiary/aromatic N) is 2. The van der Waals surface area contributed by atoms with E-state index in [1.807, 2.05) is 0 Å². The van der Waals surface area contributed by atoms with Gasteiger partial charge in [-0.2, -0.15) is 0 Å². The summed E-state index contributed by atoms with van der Waals surface area (Å²) in [5.74, 6) is 1.27. The van der Waals surface area contributed by atoms with Crippen LogP contribution in [0.15, 0.2) is 0 Å². The van der Waals surface area contributed by atoms with Crippen LogP contribution in [0.1, 0.15) is 26.7 Å². The Morgan fingerprint density at radius 1 is 1.04 bits per heavy atom. The second-order valence-electron chi connectivity index (χ2n) is 10.0. The molecule has 2 rings (SSSR count). The van der Waals surface area contributed by atoms with Gasteiger partial charge >= 0.3 is 5.97 Å². The molecule has 5 heteroatoms. The summed E-state index contributed by atoms with van der Waals surface area (Å²) in [6.45, 7) is 8.71. The minimum absolute atomic E-state index is 0.369. The highest BCUT2D eigenvalue weighted by Crippen LogP contribution is 2.43. The van der Waals surface area contributed by atoms with Gasteiger partial charge in [0.15, 0.2) is 0 Å². The number of hydrogen-bond donors (Lipinski definition) is 2. The van der Waals surface area contributed by atoms with Crippen LogP contribution in [0.25, 0.3) is 0 Å². The molecule has 0 bridgehead atoms. The molecule has 0 aromatic carbocycles. The Balaban J connectivity index is 2.15. The molecule has 0 amide bonds. The summed E-state index contributed by atoms with van der Waals surface area (Å²) in [5, 5.41) is 19.2. The van der Waals surface area contributed by atoms with Gasteiger partial charge < -0.3 is 19.2 Å². The van der Waals surface area contributed by atoms with E-state index in [9.17, 15) is 15.0 Å². The third kappa shape index (κ3) is 4.70. The standard InChI is InChI=1S/C19H37N2O3/c1-13-9-20(3,4)11-17(13)18-12-21(5,6)10-16(18)8-15(19(23)24)7-14(2)22/h13-18,22H,7-12H2,1-6H3/q+1/p+1. The smallest absolute Gasteiger partial charge is 0.306 e. The van der Waals surface area contributed by atoms with Crippen LogP contribution < -0.4 is 0 Å². The molecule has 5 nitrogen and oxygen atoms in total. The average molecular weight is 343 g/mol. The molecule has 2 heterocycles. The first-order valence-electron chi connectivity index (χ1n) is 9.45. The quantitative estimate of drug-likeness (QED) is 0.720. The van der Waals surface area contributed by atoms with Crippen LogP contribution in [0.2, 0.25) is 0 Å². The van der Waals surface area contributed by atoms with Crippen LogP contribution in [0.4, 0.5) is 0 Å². The first-order chi connectivity index (χ1) is 10.9. The van der Waals surface area contributed by atoms with Crippen molar-refractivity contribution in [3.63, 3.8) is 0 Å². The van der Waals surface area contributed by atoms with Crippen molar-refractivity contribution in [2.24, 2.45) is 29.6 Å². The fourth-order valence-electron chi connectivity index (χ4n) is 5.67. The lowest BCUT2D eigenvalue weighted by Crippen LogP contribution is -2.39. The molecule has 2 N–H and O–H groups in total. The Labute approximate surface area is 147 Å². The number of aliphatic hydroxyl groups excluding tert-OH is 1. The Hall–Kier alpha value is -0.650. The molecule has 2 saturated heterocycles. The maximum absolute atomic E-state index is 11.7. The average Bonchev–Trinajstić information content (AvgIpc) is 2.83. The molecule has 6 unspecified atom stereocenters. The number of hydrogen-bond acceptors (Lipinski definition) is 2. The van der Waals surface area contributed by atoms with Gasteiger partial charge in [0, 0.05) is 23.7 Å². The lowest BCUT2D eigenvalue weighted by molar-refractivity contribution is -0.884. The monoisotopic (exact) mass is 342 g/mol. The minimum Gasteiger partial charge on any atom is -0.481 e. The number of aliphatic carboxylic acids is 1. The summed E-state index contributed by atoms with van der Waals surface area (Å²) in [5.41, 5.74) is 0. The molecule has 0 spiro atoms. The van der Waals surface area contributed by atoms with Crippen molar-refractivity contribution in [3.8, 4) is 0 Å². The van der Waals surface area contributed by atoms with E-state index in [0.717, 1.165) is 22.1 Å². The van der Waals surface area contributed by atoms with E-state index in [0.29, 0.717) is 36.5 Å².